The van der Waals surface area contributed by atoms with Crippen LogP contribution < -0.4 is 0 Å². The molecule has 0 spiro atoms. The van der Waals surface area contributed by atoms with Gasteiger partial charge in [-0.1, -0.05) is 43.6 Å². The van der Waals surface area contributed by atoms with Crippen LogP contribution in [0.3, 0.4) is 0 Å². The van der Waals surface area contributed by atoms with Crippen LogP contribution in [-0.2, 0) is 6.18 Å². The zero-order chi connectivity index (χ0) is 14.9. The molecule has 1 aromatic heterocycles. The van der Waals surface area contributed by atoms with Crippen LogP contribution in [0.25, 0.3) is 11.3 Å². The SMILES string of the molecule is CC(C)c1ccc(C(F)(F)F)nc1-c1cccc(Cl)c1. The summed E-state index contributed by atoms with van der Waals surface area (Å²) in [5.74, 6) is 0.0683. The lowest BCUT2D eigenvalue weighted by Gasteiger charge is -2.15. The molecular formula is C15H13ClF3N. The first-order valence-corrected chi connectivity index (χ1v) is 6.51. The van der Waals surface area contributed by atoms with Gasteiger partial charge in [0.15, 0.2) is 0 Å². The molecule has 0 fully saturated rings. The summed E-state index contributed by atoms with van der Waals surface area (Å²) in [7, 11) is 0. The lowest BCUT2D eigenvalue weighted by Crippen LogP contribution is -2.10. The van der Waals surface area contributed by atoms with E-state index in [2.05, 4.69) is 4.98 Å². The zero-order valence-corrected chi connectivity index (χ0v) is 11.8. The van der Waals surface area contributed by atoms with Crippen molar-refractivity contribution in [2.24, 2.45) is 0 Å². The van der Waals surface area contributed by atoms with E-state index in [1.807, 2.05) is 13.8 Å². The van der Waals surface area contributed by atoms with Gasteiger partial charge in [-0.2, -0.15) is 13.2 Å². The summed E-state index contributed by atoms with van der Waals surface area (Å²) in [6, 6.07) is 9.20. The van der Waals surface area contributed by atoms with Crippen LogP contribution in [0, 0.1) is 0 Å². The summed E-state index contributed by atoms with van der Waals surface area (Å²) in [6.07, 6.45) is -4.46. The van der Waals surface area contributed by atoms with Crippen molar-refractivity contribution in [1.82, 2.24) is 4.98 Å². The number of hydrogen-bond donors (Lipinski definition) is 0. The zero-order valence-electron chi connectivity index (χ0n) is 11.0. The van der Waals surface area contributed by atoms with E-state index in [0.717, 1.165) is 11.6 Å². The van der Waals surface area contributed by atoms with Crippen LogP contribution in [0.5, 0.6) is 0 Å². The fraction of sp³-hybridized carbons (Fsp3) is 0.267. The molecule has 0 amide bonds. The smallest absolute Gasteiger partial charge is 0.243 e. The van der Waals surface area contributed by atoms with E-state index in [1.165, 1.54) is 6.07 Å². The van der Waals surface area contributed by atoms with Gasteiger partial charge in [-0.15, -0.1) is 0 Å². The third kappa shape index (κ3) is 3.12. The quantitative estimate of drug-likeness (QED) is 0.709. The lowest BCUT2D eigenvalue weighted by molar-refractivity contribution is -0.141. The van der Waals surface area contributed by atoms with Gasteiger partial charge in [0.05, 0.1) is 5.69 Å². The summed E-state index contributed by atoms with van der Waals surface area (Å²) in [5, 5.41) is 0.469. The molecule has 0 aliphatic heterocycles. The van der Waals surface area contributed by atoms with Gasteiger partial charge in [0.1, 0.15) is 5.69 Å². The molecule has 0 saturated heterocycles. The summed E-state index contributed by atoms with van der Waals surface area (Å²) in [4.78, 5) is 3.79. The van der Waals surface area contributed by atoms with E-state index >= 15 is 0 Å². The minimum Gasteiger partial charge on any atom is -0.243 e. The van der Waals surface area contributed by atoms with Gasteiger partial charge in [0.25, 0.3) is 0 Å². The second-order valence-electron chi connectivity index (χ2n) is 4.80. The molecule has 2 rings (SSSR count). The molecule has 0 saturated carbocycles. The van der Waals surface area contributed by atoms with Crippen molar-refractivity contribution in [2.45, 2.75) is 25.9 Å². The third-order valence-corrected chi connectivity index (χ3v) is 3.17. The Morgan fingerprint density at radius 1 is 1.10 bits per heavy atom. The Kier molecular flexibility index (Phi) is 4.04. The maximum atomic E-state index is 12.8. The average Bonchev–Trinajstić information content (AvgIpc) is 2.37. The Balaban J connectivity index is 2.64. The number of alkyl halides is 3. The van der Waals surface area contributed by atoms with Gasteiger partial charge in [-0.25, -0.2) is 4.98 Å². The minimum atomic E-state index is -4.46. The van der Waals surface area contributed by atoms with Crippen molar-refractivity contribution in [3.05, 3.63) is 52.7 Å². The number of aromatic nitrogens is 1. The molecule has 0 radical (unpaired) electrons. The molecule has 2 aromatic rings. The van der Waals surface area contributed by atoms with E-state index in [1.54, 1.807) is 24.3 Å². The maximum Gasteiger partial charge on any atom is 0.433 e. The molecular weight excluding hydrogens is 287 g/mol. The Bertz CT molecular complexity index is 621. The minimum absolute atomic E-state index is 0.0683. The van der Waals surface area contributed by atoms with Crippen molar-refractivity contribution >= 4 is 11.6 Å². The molecule has 1 heterocycles. The highest BCUT2D eigenvalue weighted by molar-refractivity contribution is 6.30. The Morgan fingerprint density at radius 3 is 2.35 bits per heavy atom. The molecule has 1 nitrogen and oxygen atoms in total. The van der Waals surface area contributed by atoms with E-state index in [4.69, 9.17) is 11.6 Å². The number of hydrogen-bond acceptors (Lipinski definition) is 1. The first kappa shape index (κ1) is 14.9. The van der Waals surface area contributed by atoms with Crippen molar-refractivity contribution in [2.75, 3.05) is 0 Å². The average molecular weight is 300 g/mol. The van der Waals surface area contributed by atoms with Crippen molar-refractivity contribution in [3.8, 4) is 11.3 Å². The second-order valence-corrected chi connectivity index (χ2v) is 5.23. The predicted molar refractivity (Wildman–Crippen MR) is 73.8 cm³/mol. The number of benzene rings is 1. The molecule has 0 aliphatic rings. The molecule has 5 heteroatoms. The van der Waals surface area contributed by atoms with E-state index in [0.29, 0.717) is 16.3 Å². The van der Waals surface area contributed by atoms with Crippen molar-refractivity contribution in [3.63, 3.8) is 0 Å². The topological polar surface area (TPSA) is 12.9 Å². The number of halogens is 4. The van der Waals surface area contributed by atoms with E-state index in [-0.39, 0.29) is 5.92 Å². The van der Waals surface area contributed by atoms with Crippen LogP contribution in [-0.4, -0.2) is 4.98 Å². The van der Waals surface area contributed by atoms with Gasteiger partial charge in [-0.05, 0) is 29.7 Å². The molecule has 0 atom stereocenters. The number of nitrogens with zero attached hydrogens (tertiary/aromatic N) is 1. The first-order valence-electron chi connectivity index (χ1n) is 6.13. The van der Waals surface area contributed by atoms with Crippen molar-refractivity contribution in [1.29, 1.82) is 0 Å². The van der Waals surface area contributed by atoms with Gasteiger partial charge >= 0.3 is 6.18 Å². The molecule has 0 unspecified atom stereocenters. The van der Waals surface area contributed by atoms with E-state index < -0.39 is 11.9 Å². The largest absolute Gasteiger partial charge is 0.433 e. The third-order valence-electron chi connectivity index (χ3n) is 2.94. The summed E-state index contributed by atoms with van der Waals surface area (Å²) >= 11 is 5.91. The predicted octanol–water partition coefficient (Wildman–Crippen LogP) is 5.54. The molecule has 0 aliphatic carbocycles. The van der Waals surface area contributed by atoms with Gasteiger partial charge in [0.2, 0.25) is 0 Å². The highest BCUT2D eigenvalue weighted by Crippen LogP contribution is 2.34. The monoisotopic (exact) mass is 299 g/mol. The summed E-state index contributed by atoms with van der Waals surface area (Å²) in [5.41, 5.74) is 0.793. The van der Waals surface area contributed by atoms with Gasteiger partial charge in [-0.3, -0.25) is 0 Å². The van der Waals surface area contributed by atoms with Crippen LogP contribution in [0.15, 0.2) is 36.4 Å². The fourth-order valence-electron chi connectivity index (χ4n) is 1.96. The Morgan fingerprint density at radius 2 is 1.80 bits per heavy atom. The van der Waals surface area contributed by atoms with Crippen LogP contribution >= 0.6 is 11.6 Å². The van der Waals surface area contributed by atoms with Crippen LogP contribution in [0.4, 0.5) is 13.2 Å². The molecule has 0 N–H and O–H groups in total. The normalized spacial score (nSPS) is 11.9. The molecule has 106 valence electrons. The highest BCUT2D eigenvalue weighted by Gasteiger charge is 2.33. The lowest BCUT2D eigenvalue weighted by atomic mass is 9.96. The standard InChI is InChI=1S/C15H13ClF3N/c1-9(2)12-6-7-13(15(17,18)19)20-14(12)10-4-3-5-11(16)8-10/h3-9H,1-2H3. The maximum absolute atomic E-state index is 12.8. The number of rotatable bonds is 2. The van der Waals surface area contributed by atoms with Gasteiger partial charge in [0, 0.05) is 10.6 Å². The van der Waals surface area contributed by atoms with Gasteiger partial charge < -0.3 is 0 Å². The van der Waals surface area contributed by atoms with Crippen LogP contribution in [0.1, 0.15) is 31.0 Å². The van der Waals surface area contributed by atoms with E-state index in [9.17, 15) is 13.2 Å². The second kappa shape index (κ2) is 5.44. The number of pyridine rings is 1. The summed E-state index contributed by atoms with van der Waals surface area (Å²) in [6.45, 7) is 3.83. The fourth-order valence-corrected chi connectivity index (χ4v) is 2.15. The molecule has 20 heavy (non-hydrogen) atoms. The van der Waals surface area contributed by atoms with Crippen molar-refractivity contribution < 1.29 is 13.2 Å². The molecule has 1 aromatic carbocycles. The first-order chi connectivity index (χ1) is 9.29. The summed E-state index contributed by atoms with van der Waals surface area (Å²) < 4.78 is 38.4. The Labute approximate surface area is 120 Å². The van der Waals surface area contributed by atoms with Crippen LogP contribution in [0.2, 0.25) is 5.02 Å². The highest BCUT2D eigenvalue weighted by atomic mass is 35.5. The Hall–Kier alpha value is -1.55. The molecule has 0 bridgehead atoms.